The maximum absolute atomic E-state index is 13.7. The number of anilines is 3. The van der Waals surface area contributed by atoms with Crippen LogP contribution in [0.2, 0.25) is 0 Å². The normalized spacial score (nSPS) is 18.3. The topological polar surface area (TPSA) is 137 Å². The van der Waals surface area contributed by atoms with E-state index < -0.39 is 0 Å². The first-order chi connectivity index (χ1) is 21.6. The molecule has 44 heavy (non-hydrogen) atoms. The molecule has 0 radical (unpaired) electrons. The van der Waals surface area contributed by atoms with Gasteiger partial charge in [0.1, 0.15) is 17.5 Å². The van der Waals surface area contributed by atoms with Gasteiger partial charge in [-0.2, -0.15) is 15.3 Å². The number of nitriles is 1. The van der Waals surface area contributed by atoms with Crippen LogP contribution < -0.4 is 20.4 Å². The van der Waals surface area contributed by atoms with Crippen LogP contribution in [0.4, 0.5) is 22.4 Å². The summed E-state index contributed by atoms with van der Waals surface area (Å²) in [6.45, 7) is 3.03. The molecule has 6 rings (SSSR count). The van der Waals surface area contributed by atoms with Crippen molar-refractivity contribution in [3.05, 3.63) is 78.4 Å². The number of aromatic nitrogens is 5. The molecule has 3 aromatic heterocycles. The molecule has 2 N–H and O–H groups in total. The van der Waals surface area contributed by atoms with Gasteiger partial charge in [-0.3, -0.25) is 9.58 Å². The lowest BCUT2D eigenvalue weighted by molar-refractivity contribution is 0.122. The van der Waals surface area contributed by atoms with Crippen molar-refractivity contribution in [1.82, 2.24) is 30.0 Å². The summed E-state index contributed by atoms with van der Waals surface area (Å²) in [5.41, 5.74) is 3.41. The average Bonchev–Trinajstić information content (AvgIpc) is 3.52. The predicted molar refractivity (Wildman–Crippen MR) is 167 cm³/mol. The van der Waals surface area contributed by atoms with E-state index in [9.17, 15) is 10.1 Å². The first-order valence-corrected chi connectivity index (χ1v) is 15.0. The summed E-state index contributed by atoms with van der Waals surface area (Å²) in [6, 6.07) is 16.0. The maximum atomic E-state index is 13.7. The Morgan fingerprint density at radius 3 is 2.50 bits per heavy atom. The molecule has 1 saturated heterocycles. The molecular weight excluding hydrogens is 556 g/mol. The van der Waals surface area contributed by atoms with E-state index in [1.165, 1.54) is 0 Å². The molecule has 1 aliphatic heterocycles. The van der Waals surface area contributed by atoms with Crippen LogP contribution in [0.1, 0.15) is 36.8 Å². The first kappa shape index (κ1) is 29.1. The summed E-state index contributed by atoms with van der Waals surface area (Å²) in [5.74, 6) is 1.77. The van der Waals surface area contributed by atoms with Gasteiger partial charge in [0.05, 0.1) is 25.6 Å². The number of carbonyl (C=O) groups excluding carboxylic acids is 1. The number of hydrogen-bond donors (Lipinski definition) is 2. The number of nitrogens with zero attached hydrogens (tertiary/aromatic N) is 8. The third kappa shape index (κ3) is 6.79. The first-order valence-electron chi connectivity index (χ1n) is 15.0. The molecular formula is C32H36N10O2. The Labute approximate surface area is 256 Å². The highest BCUT2D eigenvalue weighted by molar-refractivity contribution is 5.91. The van der Waals surface area contributed by atoms with Gasteiger partial charge in [-0.25, -0.2) is 14.8 Å². The van der Waals surface area contributed by atoms with Gasteiger partial charge in [0.25, 0.3) is 0 Å². The SMILES string of the molecule is Cn1cc(-c2ccc(N(C(=O)NCc3ccccc3)C3CCC(Nc4ncc(C#N)c(N5CCOCC5)n4)CC3)nc2)cn1. The van der Waals surface area contributed by atoms with E-state index in [1.807, 2.05) is 55.7 Å². The lowest BCUT2D eigenvalue weighted by atomic mass is 9.90. The van der Waals surface area contributed by atoms with Crippen molar-refractivity contribution >= 4 is 23.6 Å². The fraction of sp³-hybridized carbons (Fsp3) is 0.375. The van der Waals surface area contributed by atoms with E-state index in [0.717, 1.165) is 42.4 Å². The number of carbonyl (C=O) groups is 1. The standard InChI is InChI=1S/C32H36N10O2/c1-40-22-26(21-37-40)24-7-12-29(34-19-24)42(32(43)36-18-23-5-3-2-4-6-23)28-10-8-27(9-11-28)38-31-35-20-25(17-33)30(39-31)41-13-15-44-16-14-41/h2-7,12,19-22,27-28H,8-11,13-16,18H2,1H3,(H,36,43)(H,35,38,39). The van der Waals surface area contributed by atoms with Crippen molar-refractivity contribution in [2.24, 2.45) is 7.05 Å². The van der Waals surface area contributed by atoms with E-state index >= 15 is 0 Å². The van der Waals surface area contributed by atoms with Gasteiger partial charge in [0, 0.05) is 62.3 Å². The molecule has 12 nitrogen and oxygen atoms in total. The minimum Gasteiger partial charge on any atom is -0.378 e. The molecule has 1 saturated carbocycles. The number of urea groups is 1. The van der Waals surface area contributed by atoms with Crippen molar-refractivity contribution in [3.8, 4) is 17.2 Å². The van der Waals surface area contributed by atoms with Gasteiger partial charge >= 0.3 is 6.03 Å². The highest BCUT2D eigenvalue weighted by atomic mass is 16.5. The summed E-state index contributed by atoms with van der Waals surface area (Å²) < 4.78 is 7.22. The third-order valence-electron chi connectivity index (χ3n) is 8.13. The van der Waals surface area contributed by atoms with Gasteiger partial charge in [-0.1, -0.05) is 30.3 Å². The highest BCUT2D eigenvalue weighted by Crippen LogP contribution is 2.30. The minimum absolute atomic E-state index is 0.0219. The van der Waals surface area contributed by atoms with Crippen LogP contribution >= 0.6 is 0 Å². The van der Waals surface area contributed by atoms with Crippen LogP contribution in [0.3, 0.4) is 0 Å². The second-order valence-electron chi connectivity index (χ2n) is 11.1. The van der Waals surface area contributed by atoms with Gasteiger partial charge in [-0.15, -0.1) is 0 Å². The Morgan fingerprint density at radius 1 is 1.02 bits per heavy atom. The Kier molecular flexibility index (Phi) is 8.93. The summed E-state index contributed by atoms with van der Waals surface area (Å²) in [5, 5.41) is 20.4. The number of hydrogen-bond acceptors (Lipinski definition) is 9. The number of rotatable bonds is 8. The molecule has 0 atom stereocenters. The number of pyridine rings is 1. The maximum Gasteiger partial charge on any atom is 0.323 e. The zero-order valence-corrected chi connectivity index (χ0v) is 24.8. The Balaban J connectivity index is 1.15. The van der Waals surface area contributed by atoms with Gasteiger partial charge in [0.15, 0.2) is 5.82 Å². The van der Waals surface area contributed by atoms with E-state index in [1.54, 1.807) is 28.2 Å². The average molecular weight is 593 g/mol. The van der Waals surface area contributed by atoms with Crippen molar-refractivity contribution in [2.75, 3.05) is 41.4 Å². The highest BCUT2D eigenvalue weighted by Gasteiger charge is 2.31. The molecule has 2 amide bonds. The van der Waals surface area contributed by atoms with Crippen molar-refractivity contribution in [3.63, 3.8) is 0 Å². The quantitative estimate of drug-likeness (QED) is 0.310. The van der Waals surface area contributed by atoms with Crippen LogP contribution in [0.15, 0.2) is 67.3 Å². The Hall–Kier alpha value is -5.02. The fourth-order valence-electron chi connectivity index (χ4n) is 5.78. The molecule has 0 spiro atoms. The largest absolute Gasteiger partial charge is 0.378 e. The smallest absolute Gasteiger partial charge is 0.323 e. The van der Waals surface area contributed by atoms with Gasteiger partial charge in [0.2, 0.25) is 5.95 Å². The zero-order chi connectivity index (χ0) is 30.3. The summed E-state index contributed by atoms with van der Waals surface area (Å²) in [6.07, 6.45) is 10.4. The van der Waals surface area contributed by atoms with E-state index in [-0.39, 0.29) is 18.1 Å². The molecule has 4 heterocycles. The van der Waals surface area contributed by atoms with Crippen LogP contribution in [-0.4, -0.2) is 69.2 Å². The Morgan fingerprint density at radius 2 is 1.82 bits per heavy atom. The minimum atomic E-state index is -0.169. The van der Waals surface area contributed by atoms with Crippen LogP contribution in [0, 0.1) is 11.3 Å². The molecule has 2 fully saturated rings. The number of aryl methyl sites for hydroxylation is 1. The number of nitrogens with one attached hydrogen (secondary N) is 2. The molecule has 0 bridgehead atoms. The monoisotopic (exact) mass is 592 g/mol. The second kappa shape index (κ2) is 13.5. The molecule has 12 heteroatoms. The van der Waals surface area contributed by atoms with Crippen LogP contribution in [0.5, 0.6) is 0 Å². The number of amides is 2. The van der Waals surface area contributed by atoms with Crippen molar-refractivity contribution in [1.29, 1.82) is 5.26 Å². The van der Waals surface area contributed by atoms with Crippen molar-refractivity contribution < 1.29 is 9.53 Å². The van der Waals surface area contributed by atoms with E-state index in [0.29, 0.717) is 56.0 Å². The summed E-state index contributed by atoms with van der Waals surface area (Å²) >= 11 is 0. The number of benzene rings is 1. The lowest BCUT2D eigenvalue weighted by Gasteiger charge is -2.36. The number of ether oxygens (including phenoxy) is 1. The zero-order valence-electron chi connectivity index (χ0n) is 24.8. The van der Waals surface area contributed by atoms with Crippen LogP contribution in [0.25, 0.3) is 11.1 Å². The molecule has 1 aliphatic carbocycles. The molecule has 4 aromatic rings. The molecule has 0 unspecified atom stereocenters. The summed E-state index contributed by atoms with van der Waals surface area (Å²) in [7, 11) is 1.88. The molecule has 2 aliphatic rings. The molecule has 226 valence electrons. The van der Waals surface area contributed by atoms with E-state index in [4.69, 9.17) is 14.7 Å². The third-order valence-corrected chi connectivity index (χ3v) is 8.13. The van der Waals surface area contributed by atoms with Crippen LogP contribution in [-0.2, 0) is 18.3 Å². The van der Waals surface area contributed by atoms with Gasteiger partial charge in [-0.05, 0) is 43.4 Å². The van der Waals surface area contributed by atoms with Gasteiger partial charge < -0.3 is 20.3 Å². The Bertz CT molecular complexity index is 1590. The number of morpholine rings is 1. The fourth-order valence-corrected chi connectivity index (χ4v) is 5.78. The predicted octanol–water partition coefficient (Wildman–Crippen LogP) is 4.12. The molecule has 1 aromatic carbocycles. The van der Waals surface area contributed by atoms with E-state index in [2.05, 4.69) is 31.7 Å². The summed E-state index contributed by atoms with van der Waals surface area (Å²) in [4.78, 5) is 31.4. The lowest BCUT2D eigenvalue weighted by Crippen LogP contribution is -2.49. The van der Waals surface area contributed by atoms with Crippen molar-refractivity contribution in [2.45, 2.75) is 44.3 Å². The second-order valence-corrected chi connectivity index (χ2v) is 11.1.